The molecule has 3 rings (SSSR count). The second-order valence-corrected chi connectivity index (χ2v) is 8.90. The van der Waals surface area contributed by atoms with Gasteiger partial charge in [-0.3, -0.25) is 5.32 Å². The number of rotatable bonds is 9. The number of halogens is 7. The van der Waals surface area contributed by atoms with E-state index in [1.165, 1.54) is 0 Å². The first kappa shape index (κ1) is 27.7. The molecule has 36 heavy (non-hydrogen) atoms. The summed E-state index contributed by atoms with van der Waals surface area (Å²) in [7, 11) is 0. The average Bonchev–Trinajstić information content (AvgIpc) is 3.54. The van der Waals surface area contributed by atoms with Crippen molar-refractivity contribution in [3.63, 3.8) is 0 Å². The first-order valence-electron chi connectivity index (χ1n) is 10.8. The molecule has 1 aliphatic rings. The molecule has 0 saturated carbocycles. The summed E-state index contributed by atoms with van der Waals surface area (Å²) in [5.74, 6) is 0. The van der Waals surface area contributed by atoms with Crippen LogP contribution >= 0.6 is 0 Å². The minimum absolute atomic E-state index is 0.125. The van der Waals surface area contributed by atoms with Crippen molar-refractivity contribution in [3.8, 4) is 6.07 Å². The van der Waals surface area contributed by atoms with E-state index in [1.807, 2.05) is 25.1 Å². The highest BCUT2D eigenvalue weighted by Crippen LogP contribution is 2.53. The largest absolute Gasteiger partial charge is 0.435 e. The second kappa shape index (κ2) is 9.88. The zero-order valence-corrected chi connectivity index (χ0v) is 19.5. The molecule has 1 aliphatic heterocycles. The van der Waals surface area contributed by atoms with Gasteiger partial charge in [0.2, 0.25) is 0 Å². The smallest absolute Gasteiger partial charge is 0.362 e. The molecule has 12 heteroatoms. The van der Waals surface area contributed by atoms with Crippen molar-refractivity contribution in [2.24, 2.45) is 0 Å². The van der Waals surface area contributed by atoms with Crippen LogP contribution < -0.4 is 10.6 Å². The number of aryl methyl sites for hydroxylation is 1. The molecule has 1 heterocycles. The lowest BCUT2D eigenvalue weighted by Crippen LogP contribution is -2.50. The van der Waals surface area contributed by atoms with Gasteiger partial charge in [0.05, 0.1) is 19.4 Å². The minimum atomic E-state index is -6.17. The molecule has 2 unspecified atom stereocenters. The normalized spacial score (nSPS) is 18.6. The number of anilines is 1. The molecular weight excluding hydrogens is 495 g/mol. The van der Waals surface area contributed by atoms with Gasteiger partial charge in [-0.05, 0) is 49.6 Å². The van der Waals surface area contributed by atoms with Gasteiger partial charge in [0.25, 0.3) is 0 Å². The quantitative estimate of drug-likeness (QED) is 0.180. The third kappa shape index (κ3) is 5.74. The number of nitriles is 1. The van der Waals surface area contributed by atoms with Gasteiger partial charge in [0, 0.05) is 11.3 Å². The Balaban J connectivity index is 1.68. The van der Waals surface area contributed by atoms with Gasteiger partial charge < -0.3 is 14.8 Å². The Labute approximate surface area is 203 Å². The van der Waals surface area contributed by atoms with E-state index < -0.39 is 41.5 Å². The summed E-state index contributed by atoms with van der Waals surface area (Å²) in [5, 5.41) is 14.9. The van der Waals surface area contributed by atoms with Crippen LogP contribution in [0.2, 0.25) is 0 Å². The van der Waals surface area contributed by atoms with E-state index in [0.717, 1.165) is 28.8 Å². The lowest BCUT2D eigenvalue weighted by atomic mass is 9.94. The Hall–Kier alpha value is -2.88. The fraction of sp³-hybridized carbons (Fsp3) is 0.458. The van der Waals surface area contributed by atoms with Gasteiger partial charge in [-0.1, -0.05) is 30.3 Å². The summed E-state index contributed by atoms with van der Waals surface area (Å²) in [6, 6.07) is 10.4. The Bertz CT molecular complexity index is 1090. The number of benzene rings is 2. The standard InChI is InChI=1S/C24H24F7N3O2/c1-14-5-4-6-17(18(14)11-35-13-33-21(2,3)12-32)19-20(36-19)34-16-9-7-15(8-10-16)22(25,23(26,27)28)24(29,30)31/h4-10,19-20,33-34H,11,13H2,1-3H3. The molecule has 0 spiro atoms. The maximum absolute atomic E-state index is 14.2. The Morgan fingerprint density at radius 1 is 0.972 bits per heavy atom. The van der Waals surface area contributed by atoms with E-state index in [1.54, 1.807) is 13.8 Å². The summed E-state index contributed by atoms with van der Waals surface area (Å²) >= 11 is 0. The lowest BCUT2D eigenvalue weighted by molar-refractivity contribution is -0.348. The Kier molecular flexibility index (Phi) is 7.60. The van der Waals surface area contributed by atoms with Crippen LogP contribution in [0.1, 0.15) is 42.2 Å². The predicted molar refractivity (Wildman–Crippen MR) is 116 cm³/mol. The van der Waals surface area contributed by atoms with Crippen molar-refractivity contribution < 1.29 is 40.2 Å². The van der Waals surface area contributed by atoms with Crippen molar-refractivity contribution in [1.29, 1.82) is 5.26 Å². The number of epoxide rings is 1. The number of nitrogens with one attached hydrogen (secondary N) is 2. The maximum atomic E-state index is 14.2. The number of hydrogen-bond acceptors (Lipinski definition) is 5. The molecule has 2 atom stereocenters. The summed E-state index contributed by atoms with van der Waals surface area (Å²) in [6.45, 7) is 5.63. The van der Waals surface area contributed by atoms with Crippen LogP contribution in [0, 0.1) is 18.3 Å². The number of nitrogens with zero attached hydrogens (tertiary/aromatic N) is 1. The highest BCUT2D eigenvalue weighted by molar-refractivity contribution is 5.49. The van der Waals surface area contributed by atoms with Crippen LogP contribution in [0.3, 0.4) is 0 Å². The van der Waals surface area contributed by atoms with E-state index in [2.05, 4.69) is 16.7 Å². The predicted octanol–water partition coefficient (Wildman–Crippen LogP) is 6.16. The van der Waals surface area contributed by atoms with Gasteiger partial charge in [-0.25, -0.2) is 4.39 Å². The van der Waals surface area contributed by atoms with Gasteiger partial charge >= 0.3 is 18.0 Å². The molecule has 0 radical (unpaired) electrons. The van der Waals surface area contributed by atoms with E-state index in [0.29, 0.717) is 12.1 Å². The van der Waals surface area contributed by atoms with Crippen molar-refractivity contribution in [1.82, 2.24) is 5.32 Å². The van der Waals surface area contributed by atoms with E-state index in [-0.39, 0.29) is 19.0 Å². The van der Waals surface area contributed by atoms with E-state index in [9.17, 15) is 30.7 Å². The van der Waals surface area contributed by atoms with Crippen molar-refractivity contribution in [2.75, 3.05) is 12.0 Å². The highest BCUT2D eigenvalue weighted by atomic mass is 19.4. The molecule has 5 nitrogen and oxygen atoms in total. The first-order chi connectivity index (χ1) is 16.6. The fourth-order valence-corrected chi connectivity index (χ4v) is 3.52. The molecule has 0 aliphatic carbocycles. The second-order valence-electron chi connectivity index (χ2n) is 8.90. The molecular formula is C24H24F7N3O2. The maximum Gasteiger partial charge on any atom is 0.435 e. The molecule has 1 fully saturated rings. The van der Waals surface area contributed by atoms with Crippen LogP contribution in [0.4, 0.5) is 36.4 Å². The SMILES string of the molecule is Cc1cccc(C2OC2Nc2ccc(C(F)(C(F)(F)F)C(F)(F)F)cc2)c1COCNC(C)(C)C#N. The van der Waals surface area contributed by atoms with Gasteiger partial charge in [-0.15, -0.1) is 0 Å². The molecule has 1 saturated heterocycles. The topological polar surface area (TPSA) is 69.6 Å². The van der Waals surface area contributed by atoms with Gasteiger partial charge in [0.15, 0.2) is 6.23 Å². The first-order valence-corrected chi connectivity index (χ1v) is 10.8. The lowest BCUT2D eigenvalue weighted by Gasteiger charge is -2.30. The average molecular weight is 519 g/mol. The summed E-state index contributed by atoms with van der Waals surface area (Å²) < 4.78 is 103. The van der Waals surface area contributed by atoms with Crippen molar-refractivity contribution in [3.05, 3.63) is 64.7 Å². The monoisotopic (exact) mass is 519 g/mol. The molecule has 2 aromatic rings. The van der Waals surface area contributed by atoms with Gasteiger partial charge in [0.1, 0.15) is 11.6 Å². The number of alkyl halides is 7. The number of hydrogen-bond donors (Lipinski definition) is 2. The molecule has 0 aromatic heterocycles. The van der Waals surface area contributed by atoms with E-state index >= 15 is 0 Å². The molecule has 2 aromatic carbocycles. The van der Waals surface area contributed by atoms with Crippen LogP contribution in [0.25, 0.3) is 0 Å². The summed E-state index contributed by atoms with van der Waals surface area (Å²) in [4.78, 5) is 0. The zero-order chi connectivity index (χ0) is 26.9. The Morgan fingerprint density at radius 2 is 1.58 bits per heavy atom. The molecule has 0 amide bonds. The molecule has 0 bridgehead atoms. The van der Waals surface area contributed by atoms with Crippen LogP contribution in [0.5, 0.6) is 0 Å². The third-order valence-electron chi connectivity index (χ3n) is 5.76. The fourth-order valence-electron chi connectivity index (χ4n) is 3.52. The highest BCUT2D eigenvalue weighted by Gasteiger charge is 2.73. The third-order valence-corrected chi connectivity index (χ3v) is 5.76. The van der Waals surface area contributed by atoms with Crippen molar-refractivity contribution in [2.45, 2.75) is 63.3 Å². The zero-order valence-electron chi connectivity index (χ0n) is 19.5. The Morgan fingerprint density at radius 3 is 2.14 bits per heavy atom. The van der Waals surface area contributed by atoms with Crippen LogP contribution in [-0.2, 0) is 21.7 Å². The van der Waals surface area contributed by atoms with Crippen LogP contribution in [0.15, 0.2) is 42.5 Å². The van der Waals surface area contributed by atoms with Gasteiger partial charge in [-0.2, -0.15) is 31.6 Å². The van der Waals surface area contributed by atoms with Crippen LogP contribution in [-0.4, -0.2) is 30.9 Å². The van der Waals surface area contributed by atoms with Crippen molar-refractivity contribution >= 4 is 5.69 Å². The molecule has 196 valence electrons. The summed E-state index contributed by atoms with van der Waals surface area (Å²) in [6.07, 6.45) is -13.4. The summed E-state index contributed by atoms with van der Waals surface area (Å²) in [5.41, 5.74) is -5.09. The molecule has 2 N–H and O–H groups in total. The minimum Gasteiger partial charge on any atom is -0.362 e. The number of ether oxygens (including phenoxy) is 2. The van der Waals surface area contributed by atoms with E-state index in [4.69, 9.17) is 14.7 Å².